The van der Waals surface area contributed by atoms with Crippen LogP contribution in [0, 0.1) is 18.3 Å². The minimum atomic E-state index is 0.639. The van der Waals surface area contributed by atoms with Gasteiger partial charge in [-0.2, -0.15) is 5.26 Å². The number of fused-ring (bicyclic) bond motifs is 1. The average Bonchev–Trinajstić information content (AvgIpc) is 2.93. The Labute approximate surface area is 132 Å². The molecule has 1 N–H and O–H groups in total. The summed E-state index contributed by atoms with van der Waals surface area (Å²) in [5.74, 6) is 0.983. The number of anilines is 1. The van der Waals surface area contributed by atoms with Gasteiger partial charge in [-0.3, -0.25) is 0 Å². The number of nitrogens with one attached hydrogen (secondary N) is 1. The van der Waals surface area contributed by atoms with Gasteiger partial charge in [0.1, 0.15) is 11.8 Å². The van der Waals surface area contributed by atoms with Crippen molar-refractivity contribution in [1.82, 2.24) is 0 Å². The molecule has 1 aliphatic heterocycles. The summed E-state index contributed by atoms with van der Waals surface area (Å²) >= 11 is 3.55. The van der Waals surface area contributed by atoms with Crippen molar-refractivity contribution in [2.45, 2.75) is 19.9 Å². The zero-order valence-electron chi connectivity index (χ0n) is 11.7. The third-order valence-electron chi connectivity index (χ3n) is 3.59. The van der Waals surface area contributed by atoms with Crippen molar-refractivity contribution in [1.29, 1.82) is 5.26 Å². The van der Waals surface area contributed by atoms with Gasteiger partial charge in [0, 0.05) is 23.0 Å². The number of hydrogen-bond acceptors (Lipinski definition) is 3. The SMILES string of the molecule is Cc1ccc(C#N)c(NCc2cc(Br)cc3c2OCC3)c1. The Morgan fingerprint density at radius 1 is 1.33 bits per heavy atom. The molecule has 0 amide bonds. The van der Waals surface area contributed by atoms with Gasteiger partial charge in [0.15, 0.2) is 0 Å². The number of nitrogens with zero attached hydrogens (tertiary/aromatic N) is 1. The number of nitriles is 1. The fourth-order valence-electron chi connectivity index (χ4n) is 2.57. The highest BCUT2D eigenvalue weighted by atomic mass is 79.9. The second kappa shape index (κ2) is 5.79. The molecule has 3 rings (SSSR count). The zero-order valence-corrected chi connectivity index (χ0v) is 13.3. The third-order valence-corrected chi connectivity index (χ3v) is 4.05. The van der Waals surface area contributed by atoms with E-state index in [1.54, 1.807) is 0 Å². The Hall–Kier alpha value is -1.99. The van der Waals surface area contributed by atoms with E-state index in [0.717, 1.165) is 40.1 Å². The Kier molecular flexibility index (Phi) is 3.85. The molecule has 0 spiro atoms. The standard InChI is InChI=1S/C17H15BrN2O/c1-11-2-3-13(9-19)16(6-11)20-10-14-8-15(18)7-12-4-5-21-17(12)14/h2-3,6-8,20H,4-5,10H2,1H3. The molecule has 0 unspecified atom stereocenters. The Morgan fingerprint density at radius 3 is 3.00 bits per heavy atom. The summed E-state index contributed by atoms with van der Waals surface area (Å²) in [6.45, 7) is 3.40. The number of rotatable bonds is 3. The van der Waals surface area contributed by atoms with Crippen molar-refractivity contribution in [3.8, 4) is 11.8 Å². The molecule has 0 radical (unpaired) electrons. The summed E-state index contributed by atoms with van der Waals surface area (Å²) < 4.78 is 6.79. The van der Waals surface area contributed by atoms with E-state index < -0.39 is 0 Å². The molecule has 3 nitrogen and oxygen atoms in total. The van der Waals surface area contributed by atoms with Gasteiger partial charge in [-0.25, -0.2) is 0 Å². The van der Waals surface area contributed by atoms with E-state index in [9.17, 15) is 5.26 Å². The molecule has 1 aliphatic rings. The fourth-order valence-corrected chi connectivity index (χ4v) is 3.12. The normalized spacial score (nSPS) is 12.4. The van der Waals surface area contributed by atoms with Crippen LogP contribution in [0.4, 0.5) is 5.69 Å². The second-order valence-corrected chi connectivity index (χ2v) is 6.08. The highest BCUT2D eigenvalue weighted by Crippen LogP contribution is 2.33. The lowest BCUT2D eigenvalue weighted by Gasteiger charge is -2.12. The van der Waals surface area contributed by atoms with Crippen LogP contribution in [0.25, 0.3) is 0 Å². The van der Waals surface area contributed by atoms with Crippen LogP contribution in [0.5, 0.6) is 5.75 Å². The van der Waals surface area contributed by atoms with Crippen LogP contribution in [0.1, 0.15) is 22.3 Å². The van der Waals surface area contributed by atoms with Crippen LogP contribution >= 0.6 is 15.9 Å². The second-order valence-electron chi connectivity index (χ2n) is 5.17. The molecule has 0 aromatic heterocycles. The van der Waals surface area contributed by atoms with Gasteiger partial charge in [-0.1, -0.05) is 22.0 Å². The predicted octanol–water partition coefficient (Wildman–Crippen LogP) is 4.18. The summed E-state index contributed by atoms with van der Waals surface area (Å²) in [6.07, 6.45) is 0.954. The molecule has 0 atom stereocenters. The Bertz CT molecular complexity index is 734. The lowest BCUT2D eigenvalue weighted by Crippen LogP contribution is -2.03. The van der Waals surface area contributed by atoms with Crippen LogP contribution in [0.15, 0.2) is 34.8 Å². The van der Waals surface area contributed by atoms with Gasteiger partial charge in [0.25, 0.3) is 0 Å². The summed E-state index contributed by atoms with van der Waals surface area (Å²) in [6, 6.07) is 12.2. The lowest BCUT2D eigenvalue weighted by molar-refractivity contribution is 0.354. The van der Waals surface area contributed by atoms with Gasteiger partial charge in [0.2, 0.25) is 0 Å². The number of benzene rings is 2. The van der Waals surface area contributed by atoms with Gasteiger partial charge in [0.05, 0.1) is 17.9 Å². The molecule has 0 fully saturated rings. The van der Waals surface area contributed by atoms with Crippen molar-refractivity contribution in [2.75, 3.05) is 11.9 Å². The van der Waals surface area contributed by atoms with Crippen molar-refractivity contribution in [3.05, 3.63) is 57.1 Å². The highest BCUT2D eigenvalue weighted by molar-refractivity contribution is 9.10. The molecule has 1 heterocycles. The zero-order chi connectivity index (χ0) is 14.8. The van der Waals surface area contributed by atoms with Crippen molar-refractivity contribution in [3.63, 3.8) is 0 Å². The quantitative estimate of drug-likeness (QED) is 0.910. The van der Waals surface area contributed by atoms with E-state index in [4.69, 9.17) is 4.74 Å². The van der Waals surface area contributed by atoms with Crippen molar-refractivity contribution < 1.29 is 4.74 Å². The van der Waals surface area contributed by atoms with Gasteiger partial charge >= 0.3 is 0 Å². The van der Waals surface area contributed by atoms with Gasteiger partial charge in [-0.15, -0.1) is 0 Å². The van der Waals surface area contributed by atoms with Crippen molar-refractivity contribution in [2.24, 2.45) is 0 Å². The summed E-state index contributed by atoms with van der Waals surface area (Å²) in [5, 5.41) is 12.5. The smallest absolute Gasteiger partial charge is 0.127 e. The Morgan fingerprint density at radius 2 is 2.19 bits per heavy atom. The van der Waals surface area contributed by atoms with Crippen molar-refractivity contribution >= 4 is 21.6 Å². The molecule has 2 aromatic rings. The first-order valence-electron chi connectivity index (χ1n) is 6.86. The molecule has 4 heteroatoms. The number of hydrogen-bond donors (Lipinski definition) is 1. The molecule has 0 bridgehead atoms. The van der Waals surface area contributed by atoms with E-state index in [1.807, 2.05) is 25.1 Å². The molecule has 0 saturated carbocycles. The average molecular weight is 343 g/mol. The minimum absolute atomic E-state index is 0.639. The molecule has 0 aliphatic carbocycles. The molecular formula is C17H15BrN2O. The summed E-state index contributed by atoms with van der Waals surface area (Å²) in [4.78, 5) is 0. The van der Waals surface area contributed by atoms with E-state index >= 15 is 0 Å². The summed E-state index contributed by atoms with van der Waals surface area (Å²) in [7, 11) is 0. The molecule has 0 saturated heterocycles. The van der Waals surface area contributed by atoms with E-state index in [2.05, 4.69) is 39.4 Å². The number of ether oxygens (including phenoxy) is 1. The fraction of sp³-hybridized carbons (Fsp3) is 0.235. The molecular weight excluding hydrogens is 328 g/mol. The maximum atomic E-state index is 9.18. The monoisotopic (exact) mass is 342 g/mol. The van der Waals surface area contributed by atoms with E-state index in [1.165, 1.54) is 5.56 Å². The topological polar surface area (TPSA) is 45.0 Å². The first-order chi connectivity index (χ1) is 10.2. The largest absolute Gasteiger partial charge is 0.493 e. The molecule has 106 valence electrons. The number of aryl methyl sites for hydroxylation is 1. The number of halogens is 1. The first-order valence-corrected chi connectivity index (χ1v) is 7.65. The molecule has 21 heavy (non-hydrogen) atoms. The van der Waals surface area contributed by atoms with E-state index in [0.29, 0.717) is 12.1 Å². The van der Waals surface area contributed by atoms with Crippen LogP contribution in [0.2, 0.25) is 0 Å². The minimum Gasteiger partial charge on any atom is -0.493 e. The van der Waals surface area contributed by atoms with Gasteiger partial charge in [-0.05, 0) is 42.3 Å². The lowest BCUT2D eigenvalue weighted by atomic mass is 10.1. The summed E-state index contributed by atoms with van der Waals surface area (Å²) in [5.41, 5.74) is 5.01. The van der Waals surface area contributed by atoms with Crippen LogP contribution < -0.4 is 10.1 Å². The maximum absolute atomic E-state index is 9.18. The van der Waals surface area contributed by atoms with Crippen LogP contribution in [-0.2, 0) is 13.0 Å². The van der Waals surface area contributed by atoms with Crippen LogP contribution in [0.3, 0.4) is 0 Å². The predicted molar refractivity (Wildman–Crippen MR) is 86.6 cm³/mol. The highest BCUT2D eigenvalue weighted by Gasteiger charge is 2.17. The van der Waals surface area contributed by atoms with E-state index in [-0.39, 0.29) is 0 Å². The Balaban J connectivity index is 1.86. The third kappa shape index (κ3) is 2.88. The van der Waals surface area contributed by atoms with Gasteiger partial charge < -0.3 is 10.1 Å². The first kappa shape index (κ1) is 14.0. The maximum Gasteiger partial charge on any atom is 0.127 e. The molecule has 2 aromatic carbocycles. The van der Waals surface area contributed by atoms with Crippen LogP contribution in [-0.4, -0.2) is 6.61 Å².